The fourth-order valence-electron chi connectivity index (χ4n) is 4.45. The molecule has 0 aliphatic carbocycles. The van der Waals surface area contributed by atoms with Gasteiger partial charge < -0.3 is 15.1 Å². The topological polar surface area (TPSA) is 81.7 Å². The number of likely N-dealkylation sites (N-methyl/N-ethyl adjacent to an activating group) is 1. The van der Waals surface area contributed by atoms with Crippen LogP contribution in [0.2, 0.25) is 0 Å². The number of aromatic nitrogens is 2. The molecule has 1 aliphatic heterocycles. The lowest BCUT2D eigenvalue weighted by molar-refractivity contribution is -0.117. The van der Waals surface area contributed by atoms with Gasteiger partial charge in [0.15, 0.2) is 0 Å². The van der Waals surface area contributed by atoms with Gasteiger partial charge in [0.25, 0.3) is 5.91 Å². The number of nitrogens with zero attached hydrogens (tertiary/aromatic N) is 5. The summed E-state index contributed by atoms with van der Waals surface area (Å²) in [5.41, 5.74) is 1.73. The molecule has 1 fully saturated rings. The molecule has 2 aromatic rings. The molecular weight excluding hydrogens is 428 g/mol. The first-order chi connectivity index (χ1) is 16.2. The third-order valence-electron chi connectivity index (χ3n) is 6.54. The molecule has 0 unspecified atom stereocenters. The predicted octanol–water partition coefficient (Wildman–Crippen LogP) is 3.82. The number of hydrogen-bond donors (Lipinski definition) is 1. The largest absolute Gasteiger partial charge is 0.348 e. The zero-order valence-corrected chi connectivity index (χ0v) is 21.3. The van der Waals surface area contributed by atoms with Crippen LogP contribution in [-0.2, 0) is 4.79 Å². The van der Waals surface area contributed by atoms with Gasteiger partial charge in [-0.15, -0.1) is 0 Å². The van der Waals surface area contributed by atoms with E-state index >= 15 is 0 Å². The van der Waals surface area contributed by atoms with Gasteiger partial charge in [-0.05, 0) is 50.1 Å². The highest BCUT2D eigenvalue weighted by atomic mass is 16.2. The molecule has 3 rings (SSSR count). The molecule has 184 valence electrons. The van der Waals surface area contributed by atoms with E-state index in [4.69, 9.17) is 0 Å². The Morgan fingerprint density at radius 3 is 2.26 bits per heavy atom. The SMILES string of the molecule is CC[C@H](C(C)C)N(C(C)=O)c1ccnc(N[C@@H](C)c2ccc(C(=O)N3CCN(C)CC3)cc2)n1. The van der Waals surface area contributed by atoms with E-state index in [0.29, 0.717) is 23.2 Å². The van der Waals surface area contributed by atoms with Crippen LogP contribution in [-0.4, -0.2) is 70.9 Å². The van der Waals surface area contributed by atoms with E-state index < -0.39 is 0 Å². The number of carbonyl (C=O) groups excluding carboxylic acids is 2. The summed E-state index contributed by atoms with van der Waals surface area (Å²) in [7, 11) is 2.08. The third-order valence-corrected chi connectivity index (χ3v) is 6.54. The lowest BCUT2D eigenvalue weighted by Gasteiger charge is -2.32. The number of anilines is 2. The summed E-state index contributed by atoms with van der Waals surface area (Å²) >= 11 is 0. The van der Waals surface area contributed by atoms with Crippen LogP contribution >= 0.6 is 0 Å². The summed E-state index contributed by atoms with van der Waals surface area (Å²) in [5, 5.41) is 3.33. The van der Waals surface area contributed by atoms with Crippen LogP contribution in [0.1, 0.15) is 63.0 Å². The first-order valence-electron chi connectivity index (χ1n) is 12.2. The van der Waals surface area contributed by atoms with Crippen LogP contribution in [0.5, 0.6) is 0 Å². The first-order valence-corrected chi connectivity index (χ1v) is 12.2. The second kappa shape index (κ2) is 11.4. The first kappa shape index (κ1) is 25.6. The molecule has 1 aromatic heterocycles. The summed E-state index contributed by atoms with van der Waals surface area (Å²) in [6.07, 6.45) is 2.53. The van der Waals surface area contributed by atoms with Crippen molar-refractivity contribution in [3.8, 4) is 0 Å². The van der Waals surface area contributed by atoms with E-state index in [2.05, 4.69) is 48.0 Å². The lowest BCUT2D eigenvalue weighted by Crippen LogP contribution is -2.47. The maximum atomic E-state index is 12.8. The number of carbonyl (C=O) groups is 2. The van der Waals surface area contributed by atoms with Crippen LogP contribution in [0, 0.1) is 5.92 Å². The van der Waals surface area contributed by atoms with E-state index in [9.17, 15) is 9.59 Å². The Kier molecular flexibility index (Phi) is 8.61. The molecule has 1 aliphatic rings. The average Bonchev–Trinajstić information content (AvgIpc) is 2.82. The predicted molar refractivity (Wildman–Crippen MR) is 136 cm³/mol. The van der Waals surface area contributed by atoms with Gasteiger partial charge in [0.2, 0.25) is 11.9 Å². The zero-order valence-electron chi connectivity index (χ0n) is 21.3. The molecule has 34 heavy (non-hydrogen) atoms. The summed E-state index contributed by atoms with van der Waals surface area (Å²) in [6, 6.07) is 9.50. The molecule has 2 heterocycles. The summed E-state index contributed by atoms with van der Waals surface area (Å²) in [6.45, 7) is 13.2. The Hall–Kier alpha value is -3.00. The van der Waals surface area contributed by atoms with Crippen molar-refractivity contribution in [2.75, 3.05) is 43.4 Å². The molecule has 1 aromatic carbocycles. The Balaban J connectivity index is 1.70. The molecular formula is C26H38N6O2. The van der Waals surface area contributed by atoms with E-state index in [1.165, 1.54) is 0 Å². The standard InChI is InChI=1S/C26H38N6O2/c1-7-23(18(2)3)32(20(5)33)24-12-13-27-26(29-24)28-19(4)21-8-10-22(11-9-21)25(34)31-16-14-30(6)15-17-31/h8-13,18-19,23H,7,14-17H2,1-6H3,(H,27,28,29)/t19-,23+/m0/s1. The molecule has 8 nitrogen and oxygen atoms in total. The van der Waals surface area contributed by atoms with Gasteiger partial charge in [0.1, 0.15) is 5.82 Å². The van der Waals surface area contributed by atoms with Crippen molar-refractivity contribution in [3.63, 3.8) is 0 Å². The third kappa shape index (κ3) is 6.11. The van der Waals surface area contributed by atoms with E-state index in [1.54, 1.807) is 24.1 Å². The maximum absolute atomic E-state index is 12.8. The molecule has 0 spiro atoms. The smallest absolute Gasteiger partial charge is 0.253 e. The highest BCUT2D eigenvalue weighted by molar-refractivity contribution is 5.94. The number of nitrogens with one attached hydrogen (secondary N) is 1. The van der Waals surface area contributed by atoms with Crippen molar-refractivity contribution >= 4 is 23.6 Å². The van der Waals surface area contributed by atoms with Crippen molar-refractivity contribution < 1.29 is 9.59 Å². The minimum absolute atomic E-state index is 0.0288. The number of rotatable bonds is 8. The van der Waals surface area contributed by atoms with Crippen LogP contribution in [0.25, 0.3) is 0 Å². The minimum Gasteiger partial charge on any atom is -0.348 e. The highest BCUT2D eigenvalue weighted by Gasteiger charge is 2.26. The highest BCUT2D eigenvalue weighted by Crippen LogP contribution is 2.24. The van der Waals surface area contributed by atoms with Gasteiger partial charge in [-0.1, -0.05) is 32.9 Å². The zero-order chi connectivity index (χ0) is 24.8. The van der Waals surface area contributed by atoms with E-state index in [0.717, 1.165) is 38.2 Å². The Labute approximate surface area is 203 Å². The average molecular weight is 467 g/mol. The normalized spacial score (nSPS) is 16.3. The molecule has 0 saturated carbocycles. The van der Waals surface area contributed by atoms with Gasteiger partial charge in [-0.25, -0.2) is 4.98 Å². The van der Waals surface area contributed by atoms with Gasteiger partial charge in [-0.2, -0.15) is 4.98 Å². The second-order valence-electron chi connectivity index (χ2n) is 9.43. The van der Waals surface area contributed by atoms with Crippen LogP contribution in [0.4, 0.5) is 11.8 Å². The van der Waals surface area contributed by atoms with Gasteiger partial charge in [0.05, 0.1) is 6.04 Å². The van der Waals surface area contributed by atoms with Crippen molar-refractivity contribution in [2.45, 2.75) is 53.1 Å². The van der Waals surface area contributed by atoms with Crippen molar-refractivity contribution in [1.29, 1.82) is 0 Å². The maximum Gasteiger partial charge on any atom is 0.253 e. The molecule has 1 N–H and O–H groups in total. The van der Waals surface area contributed by atoms with Gasteiger partial charge in [-0.3, -0.25) is 14.5 Å². The summed E-state index contributed by atoms with van der Waals surface area (Å²) in [5.74, 6) is 1.43. The fourth-order valence-corrected chi connectivity index (χ4v) is 4.45. The summed E-state index contributed by atoms with van der Waals surface area (Å²) < 4.78 is 0. The molecule has 1 saturated heterocycles. The Bertz CT molecular complexity index is 970. The van der Waals surface area contributed by atoms with Crippen LogP contribution in [0.15, 0.2) is 36.5 Å². The quantitative estimate of drug-likeness (QED) is 0.637. The Morgan fingerprint density at radius 1 is 1.06 bits per heavy atom. The number of amides is 2. The fraction of sp³-hybridized carbons (Fsp3) is 0.538. The van der Waals surface area contributed by atoms with Crippen molar-refractivity contribution in [3.05, 3.63) is 47.7 Å². The van der Waals surface area contributed by atoms with Gasteiger partial charge >= 0.3 is 0 Å². The van der Waals surface area contributed by atoms with E-state index in [-0.39, 0.29) is 23.9 Å². The molecule has 8 heteroatoms. The number of hydrogen-bond acceptors (Lipinski definition) is 6. The monoisotopic (exact) mass is 466 g/mol. The number of piperazine rings is 1. The molecule has 0 bridgehead atoms. The molecule has 2 amide bonds. The molecule has 0 radical (unpaired) electrons. The van der Waals surface area contributed by atoms with Crippen molar-refractivity contribution in [1.82, 2.24) is 19.8 Å². The molecule has 2 atom stereocenters. The number of benzene rings is 1. The van der Waals surface area contributed by atoms with Crippen LogP contribution < -0.4 is 10.2 Å². The van der Waals surface area contributed by atoms with Crippen LogP contribution in [0.3, 0.4) is 0 Å². The minimum atomic E-state index is -0.0686. The van der Waals surface area contributed by atoms with Gasteiger partial charge in [0, 0.05) is 50.9 Å². The lowest BCUT2D eigenvalue weighted by atomic mass is 10.00. The second-order valence-corrected chi connectivity index (χ2v) is 9.43. The van der Waals surface area contributed by atoms with Crippen molar-refractivity contribution in [2.24, 2.45) is 5.92 Å². The van der Waals surface area contributed by atoms with E-state index in [1.807, 2.05) is 36.1 Å². The summed E-state index contributed by atoms with van der Waals surface area (Å²) in [4.78, 5) is 40.2. The Morgan fingerprint density at radius 2 is 1.71 bits per heavy atom.